The molecule has 0 fully saturated rings. The Kier molecular flexibility index (Phi) is 6.64. The average Bonchev–Trinajstić information content (AvgIpc) is 2.45. The molecule has 0 aliphatic heterocycles. The Balaban J connectivity index is 2.74. The molecule has 0 saturated heterocycles. The van der Waals surface area contributed by atoms with Crippen molar-refractivity contribution in [2.45, 2.75) is 25.8 Å². The first kappa shape index (κ1) is 17.9. The highest BCUT2D eigenvalue weighted by molar-refractivity contribution is 7.89. The molecule has 1 aromatic rings. The van der Waals surface area contributed by atoms with Crippen LogP contribution in [0.15, 0.2) is 24.3 Å². The summed E-state index contributed by atoms with van der Waals surface area (Å²) in [6.45, 7) is 1.78. The Morgan fingerprint density at radius 3 is 2.57 bits per heavy atom. The van der Waals surface area contributed by atoms with Crippen LogP contribution < -0.4 is 0 Å². The molecule has 1 rings (SSSR count). The predicted octanol–water partition coefficient (Wildman–Crippen LogP) is 2.62. The summed E-state index contributed by atoms with van der Waals surface area (Å²) in [5, 5.41) is 0.529. The zero-order chi connectivity index (χ0) is 16.0. The zero-order valence-corrected chi connectivity index (χ0v) is 13.9. The van der Waals surface area contributed by atoms with E-state index >= 15 is 0 Å². The minimum atomic E-state index is -3.46. The summed E-state index contributed by atoms with van der Waals surface area (Å²) in [6.07, 6.45) is 0.318. The molecule has 0 aromatic heterocycles. The van der Waals surface area contributed by atoms with E-state index in [0.717, 1.165) is 5.56 Å². The van der Waals surface area contributed by atoms with Gasteiger partial charge in [-0.25, -0.2) is 8.42 Å². The standard InChI is InChI=1S/C14H20ClNO4S/c1-11(12-7-4-5-8-13(12)15)16(2)21(18,19)10-6-9-14(17)20-3/h4-5,7-8,11H,6,9-10H2,1-3H3. The lowest BCUT2D eigenvalue weighted by molar-refractivity contribution is -0.140. The molecular formula is C14H20ClNO4S. The second kappa shape index (κ2) is 7.77. The van der Waals surface area contributed by atoms with Gasteiger partial charge in [0, 0.05) is 24.5 Å². The van der Waals surface area contributed by atoms with Gasteiger partial charge in [0.25, 0.3) is 0 Å². The van der Waals surface area contributed by atoms with Crippen LogP contribution in [-0.4, -0.2) is 38.6 Å². The predicted molar refractivity (Wildman–Crippen MR) is 82.7 cm³/mol. The molecule has 0 aliphatic carbocycles. The maximum Gasteiger partial charge on any atom is 0.305 e. The number of rotatable bonds is 7. The van der Waals surface area contributed by atoms with Crippen molar-refractivity contribution in [3.63, 3.8) is 0 Å². The molecule has 0 aliphatic rings. The van der Waals surface area contributed by atoms with Crippen LogP contribution in [0.3, 0.4) is 0 Å². The summed E-state index contributed by atoms with van der Waals surface area (Å²) in [4.78, 5) is 11.0. The Hall–Kier alpha value is -1.11. The number of nitrogens with zero attached hydrogens (tertiary/aromatic N) is 1. The third-order valence-electron chi connectivity index (χ3n) is 3.35. The average molecular weight is 334 g/mol. The lowest BCUT2D eigenvalue weighted by atomic mass is 10.1. The van der Waals surface area contributed by atoms with Gasteiger partial charge in [-0.2, -0.15) is 4.31 Å². The maximum absolute atomic E-state index is 12.3. The van der Waals surface area contributed by atoms with Gasteiger partial charge in [-0.1, -0.05) is 29.8 Å². The summed E-state index contributed by atoms with van der Waals surface area (Å²) in [5.41, 5.74) is 0.748. The van der Waals surface area contributed by atoms with Crippen LogP contribution in [0.4, 0.5) is 0 Å². The van der Waals surface area contributed by atoms with E-state index in [1.807, 2.05) is 6.07 Å². The largest absolute Gasteiger partial charge is 0.469 e. The number of ether oxygens (including phenoxy) is 1. The molecule has 0 saturated carbocycles. The monoisotopic (exact) mass is 333 g/mol. The number of sulfonamides is 1. The van der Waals surface area contributed by atoms with E-state index in [1.54, 1.807) is 25.1 Å². The van der Waals surface area contributed by atoms with Crippen molar-refractivity contribution in [1.29, 1.82) is 0 Å². The molecule has 0 radical (unpaired) electrons. The molecule has 7 heteroatoms. The van der Waals surface area contributed by atoms with Gasteiger partial charge in [-0.15, -0.1) is 0 Å². The minimum Gasteiger partial charge on any atom is -0.469 e. The van der Waals surface area contributed by atoms with E-state index in [4.69, 9.17) is 11.6 Å². The molecule has 118 valence electrons. The molecular weight excluding hydrogens is 314 g/mol. The summed E-state index contributed by atoms with van der Waals surface area (Å²) >= 11 is 6.10. The highest BCUT2D eigenvalue weighted by atomic mass is 35.5. The number of halogens is 1. The van der Waals surface area contributed by atoms with Gasteiger partial charge in [0.2, 0.25) is 10.0 Å². The van der Waals surface area contributed by atoms with Crippen molar-refractivity contribution in [2.75, 3.05) is 19.9 Å². The van der Waals surface area contributed by atoms with E-state index in [2.05, 4.69) is 4.74 Å². The van der Waals surface area contributed by atoms with Crippen LogP contribution in [0.5, 0.6) is 0 Å². The summed E-state index contributed by atoms with van der Waals surface area (Å²) in [5.74, 6) is -0.514. The Labute approximate surface area is 130 Å². The molecule has 1 atom stereocenters. The Bertz CT molecular complexity index is 588. The number of methoxy groups -OCH3 is 1. The molecule has 0 bridgehead atoms. The summed E-state index contributed by atoms with van der Waals surface area (Å²) in [6, 6.07) is 6.76. The molecule has 0 amide bonds. The first-order valence-electron chi connectivity index (χ1n) is 6.56. The van der Waals surface area contributed by atoms with Crippen molar-refractivity contribution in [3.05, 3.63) is 34.9 Å². The van der Waals surface area contributed by atoms with E-state index in [0.29, 0.717) is 5.02 Å². The number of esters is 1. The van der Waals surface area contributed by atoms with Gasteiger partial charge in [-0.3, -0.25) is 4.79 Å². The van der Waals surface area contributed by atoms with Crippen molar-refractivity contribution < 1.29 is 17.9 Å². The fraction of sp³-hybridized carbons (Fsp3) is 0.500. The first-order valence-corrected chi connectivity index (χ1v) is 8.55. The second-order valence-corrected chi connectivity index (χ2v) is 7.26. The quantitative estimate of drug-likeness (QED) is 0.719. The van der Waals surface area contributed by atoms with Crippen LogP contribution in [0.2, 0.25) is 5.02 Å². The fourth-order valence-electron chi connectivity index (χ4n) is 1.90. The smallest absolute Gasteiger partial charge is 0.305 e. The molecule has 21 heavy (non-hydrogen) atoms. The molecule has 0 N–H and O–H groups in total. The summed E-state index contributed by atoms with van der Waals surface area (Å²) in [7, 11) is -0.666. The zero-order valence-electron chi connectivity index (χ0n) is 12.4. The molecule has 0 heterocycles. The van der Waals surface area contributed by atoms with Crippen molar-refractivity contribution in [3.8, 4) is 0 Å². The SMILES string of the molecule is COC(=O)CCCS(=O)(=O)N(C)C(C)c1ccccc1Cl. The molecule has 0 spiro atoms. The van der Waals surface area contributed by atoms with Crippen LogP contribution in [0.1, 0.15) is 31.4 Å². The third kappa shape index (κ3) is 4.98. The van der Waals surface area contributed by atoms with Crippen LogP contribution >= 0.6 is 11.6 Å². The third-order valence-corrected chi connectivity index (χ3v) is 5.69. The van der Waals surface area contributed by atoms with E-state index in [-0.39, 0.29) is 24.6 Å². The molecule has 5 nitrogen and oxygen atoms in total. The highest BCUT2D eigenvalue weighted by Crippen LogP contribution is 2.28. The lowest BCUT2D eigenvalue weighted by Crippen LogP contribution is -2.32. The normalized spacial score (nSPS) is 13.2. The van der Waals surface area contributed by atoms with Crippen LogP contribution in [0.25, 0.3) is 0 Å². The van der Waals surface area contributed by atoms with Gasteiger partial charge >= 0.3 is 5.97 Å². The number of hydrogen-bond donors (Lipinski definition) is 0. The van der Waals surface area contributed by atoms with Crippen LogP contribution in [-0.2, 0) is 19.6 Å². The highest BCUT2D eigenvalue weighted by Gasteiger charge is 2.25. The second-order valence-electron chi connectivity index (χ2n) is 4.71. The number of carbonyl (C=O) groups excluding carboxylic acids is 1. The van der Waals surface area contributed by atoms with E-state index in [1.165, 1.54) is 18.5 Å². The number of hydrogen-bond acceptors (Lipinski definition) is 4. The Morgan fingerprint density at radius 1 is 1.38 bits per heavy atom. The van der Waals surface area contributed by atoms with Crippen molar-refractivity contribution in [2.24, 2.45) is 0 Å². The number of carbonyl (C=O) groups is 1. The number of benzene rings is 1. The maximum atomic E-state index is 12.3. The minimum absolute atomic E-state index is 0.0873. The van der Waals surface area contributed by atoms with Gasteiger partial charge < -0.3 is 4.74 Å². The van der Waals surface area contributed by atoms with Crippen molar-refractivity contribution >= 4 is 27.6 Å². The Morgan fingerprint density at radius 2 is 2.00 bits per heavy atom. The lowest BCUT2D eigenvalue weighted by Gasteiger charge is -2.25. The topological polar surface area (TPSA) is 63.7 Å². The van der Waals surface area contributed by atoms with Gasteiger partial charge in [0.1, 0.15) is 0 Å². The van der Waals surface area contributed by atoms with Gasteiger partial charge in [0.15, 0.2) is 0 Å². The van der Waals surface area contributed by atoms with E-state index in [9.17, 15) is 13.2 Å². The van der Waals surface area contributed by atoms with E-state index < -0.39 is 16.0 Å². The van der Waals surface area contributed by atoms with Crippen LogP contribution in [0, 0.1) is 0 Å². The van der Waals surface area contributed by atoms with Crippen molar-refractivity contribution in [1.82, 2.24) is 4.31 Å². The molecule has 1 aromatic carbocycles. The fourth-order valence-corrected chi connectivity index (χ4v) is 3.58. The molecule has 1 unspecified atom stereocenters. The first-order chi connectivity index (χ1) is 9.79. The van der Waals surface area contributed by atoms with Gasteiger partial charge in [0.05, 0.1) is 12.9 Å². The summed E-state index contributed by atoms with van der Waals surface area (Å²) < 4.78 is 30.3. The van der Waals surface area contributed by atoms with Gasteiger partial charge in [-0.05, 0) is 25.0 Å².